The Balaban J connectivity index is 1.70. The van der Waals surface area contributed by atoms with Crippen molar-refractivity contribution in [3.8, 4) is 5.75 Å². The Morgan fingerprint density at radius 3 is 2.29 bits per heavy atom. The van der Waals surface area contributed by atoms with Crippen LogP contribution < -0.4 is 4.74 Å². The number of piperazine rings is 1. The number of amides is 2. The van der Waals surface area contributed by atoms with Crippen LogP contribution >= 0.6 is 0 Å². The van der Waals surface area contributed by atoms with E-state index in [1.807, 2.05) is 13.8 Å². The quantitative estimate of drug-likeness (QED) is 0.317. The average Bonchev–Trinajstić information content (AvgIpc) is 3.32. The Bertz CT molecular complexity index is 1480. The molecule has 11 heteroatoms. The van der Waals surface area contributed by atoms with E-state index >= 15 is 0 Å². The Kier molecular flexibility index (Phi) is 8.77. The van der Waals surface area contributed by atoms with Gasteiger partial charge in [0.1, 0.15) is 11.6 Å². The number of hydrogen-bond acceptors (Lipinski definition) is 7. The van der Waals surface area contributed by atoms with Gasteiger partial charge in [0, 0.05) is 63.5 Å². The van der Waals surface area contributed by atoms with E-state index in [4.69, 9.17) is 9.47 Å². The van der Waals surface area contributed by atoms with E-state index in [1.165, 1.54) is 51.7 Å². The zero-order valence-corrected chi connectivity index (χ0v) is 24.1. The molecular weight excluding hydrogens is 531 g/mol. The first-order chi connectivity index (χ1) is 19.5. The van der Waals surface area contributed by atoms with Crippen LogP contribution in [-0.4, -0.2) is 95.9 Å². The summed E-state index contributed by atoms with van der Waals surface area (Å²) in [4.78, 5) is 57.5. The molecule has 2 amide bonds. The Morgan fingerprint density at radius 2 is 1.68 bits per heavy atom. The fraction of sp³-hybridized carbons (Fsp3) is 0.400. The van der Waals surface area contributed by atoms with Crippen LogP contribution in [0.3, 0.4) is 0 Å². The predicted octanol–water partition coefficient (Wildman–Crippen LogP) is 3.80. The van der Waals surface area contributed by atoms with E-state index in [1.54, 1.807) is 24.0 Å². The lowest BCUT2D eigenvalue weighted by Crippen LogP contribution is -2.57. The lowest BCUT2D eigenvalue weighted by molar-refractivity contribution is -0.124. The molecule has 1 unspecified atom stereocenters. The van der Waals surface area contributed by atoms with Crippen LogP contribution in [0.1, 0.15) is 47.1 Å². The normalized spacial score (nSPS) is 17.4. The van der Waals surface area contributed by atoms with Crippen molar-refractivity contribution in [2.24, 2.45) is 0 Å². The highest BCUT2D eigenvalue weighted by molar-refractivity contribution is 6.45. The Labute approximate surface area is 238 Å². The number of likely N-dealkylation sites (N-methyl/N-ethyl adjacent to an activating group) is 1. The molecule has 0 N–H and O–H groups in total. The van der Waals surface area contributed by atoms with Gasteiger partial charge in [-0.15, -0.1) is 0 Å². The number of ether oxygens (including phenoxy) is 2. The third-order valence-electron chi connectivity index (χ3n) is 7.34. The van der Waals surface area contributed by atoms with Gasteiger partial charge in [-0.05, 0) is 44.5 Å². The van der Waals surface area contributed by atoms with Gasteiger partial charge in [-0.25, -0.2) is 9.18 Å². The summed E-state index contributed by atoms with van der Waals surface area (Å²) in [7, 11) is 4.34. The summed E-state index contributed by atoms with van der Waals surface area (Å²) in [6.07, 6.45) is 0.536. The minimum Gasteiger partial charge on any atom is -0.496 e. The number of ketones is 1. The van der Waals surface area contributed by atoms with E-state index < -0.39 is 17.8 Å². The fourth-order valence-electron chi connectivity index (χ4n) is 5.11. The number of carbonyl (C=O) groups excluding carboxylic acids is 4. The maximum absolute atomic E-state index is 14.0. The molecule has 1 aliphatic heterocycles. The van der Waals surface area contributed by atoms with Crippen LogP contribution in [0.5, 0.6) is 5.75 Å². The monoisotopic (exact) mass is 566 g/mol. The van der Waals surface area contributed by atoms with Gasteiger partial charge in [0.15, 0.2) is 0 Å². The van der Waals surface area contributed by atoms with E-state index in [9.17, 15) is 23.6 Å². The highest BCUT2D eigenvalue weighted by Gasteiger charge is 2.34. The highest BCUT2D eigenvalue weighted by Crippen LogP contribution is 2.32. The average molecular weight is 567 g/mol. The summed E-state index contributed by atoms with van der Waals surface area (Å²) >= 11 is 0. The summed E-state index contributed by atoms with van der Waals surface area (Å²) in [5.41, 5.74) is 1.44. The number of Topliss-reactive ketones (excluding diaryl/α,β-unsaturated/α-hetero) is 1. The molecule has 1 saturated heterocycles. The summed E-state index contributed by atoms with van der Waals surface area (Å²) in [6, 6.07) is 9.24. The fourth-order valence-corrected chi connectivity index (χ4v) is 5.11. The molecule has 41 heavy (non-hydrogen) atoms. The molecule has 1 fully saturated rings. The van der Waals surface area contributed by atoms with Crippen molar-refractivity contribution in [2.75, 3.05) is 40.9 Å². The molecule has 0 saturated carbocycles. The lowest BCUT2D eigenvalue weighted by atomic mass is 10.0. The van der Waals surface area contributed by atoms with Gasteiger partial charge in [0.25, 0.3) is 17.6 Å². The van der Waals surface area contributed by atoms with Crippen molar-refractivity contribution in [2.45, 2.75) is 39.4 Å². The van der Waals surface area contributed by atoms with Gasteiger partial charge in [-0.1, -0.05) is 12.1 Å². The number of halogens is 1. The highest BCUT2D eigenvalue weighted by atomic mass is 19.1. The third kappa shape index (κ3) is 5.95. The number of fused-ring (bicyclic) bond motifs is 1. The van der Waals surface area contributed by atoms with Crippen molar-refractivity contribution in [1.82, 2.24) is 19.3 Å². The summed E-state index contributed by atoms with van der Waals surface area (Å²) in [6.45, 7) is 7.38. The molecule has 2 aromatic carbocycles. The van der Waals surface area contributed by atoms with Gasteiger partial charge >= 0.3 is 6.09 Å². The largest absolute Gasteiger partial charge is 0.496 e. The lowest BCUT2D eigenvalue weighted by Gasteiger charge is -2.44. The molecule has 10 nitrogen and oxygen atoms in total. The minimum atomic E-state index is -0.817. The first-order valence-electron chi connectivity index (χ1n) is 13.4. The topological polar surface area (TPSA) is 101 Å². The number of nitrogens with zero attached hydrogens (tertiary/aromatic N) is 4. The smallest absolute Gasteiger partial charge is 0.418 e. The molecule has 2 heterocycles. The first kappa shape index (κ1) is 29.7. The maximum atomic E-state index is 14.0. The van der Waals surface area contributed by atoms with E-state index in [2.05, 4.69) is 4.90 Å². The molecule has 1 aliphatic rings. The van der Waals surface area contributed by atoms with Gasteiger partial charge in [-0.2, -0.15) is 0 Å². The molecule has 0 spiro atoms. The van der Waals surface area contributed by atoms with Crippen LogP contribution in [0.2, 0.25) is 0 Å². The van der Waals surface area contributed by atoms with Crippen molar-refractivity contribution < 1.29 is 33.0 Å². The second-order valence-electron chi connectivity index (χ2n) is 10.4. The number of carbonyl (C=O) groups is 4. The molecule has 3 aromatic rings. The van der Waals surface area contributed by atoms with E-state index in [-0.39, 0.29) is 58.2 Å². The second-order valence-corrected chi connectivity index (χ2v) is 10.4. The zero-order chi connectivity index (χ0) is 30.0. The molecule has 0 radical (unpaired) electrons. The van der Waals surface area contributed by atoms with Crippen LogP contribution in [-0.2, 0) is 16.1 Å². The SMILES string of the molecule is CCOC(=O)n1cc(C(=O)C(=O)N(C)C)c2cc(C(=O)N3CC(C)N(Cc4ccc(F)cc4)C[C@H]3C)c(OC)cc21. The van der Waals surface area contributed by atoms with Crippen molar-refractivity contribution in [3.63, 3.8) is 0 Å². The van der Waals surface area contributed by atoms with Gasteiger partial charge in [0.05, 0.1) is 30.4 Å². The Morgan fingerprint density at radius 1 is 1.00 bits per heavy atom. The number of benzene rings is 2. The minimum absolute atomic E-state index is 0.00896. The van der Waals surface area contributed by atoms with Crippen molar-refractivity contribution >= 4 is 34.6 Å². The van der Waals surface area contributed by atoms with Gasteiger partial charge in [0.2, 0.25) is 0 Å². The van der Waals surface area contributed by atoms with Crippen LogP contribution in [0.15, 0.2) is 42.6 Å². The standard InChI is InChI=1S/C30H35FN4O6/c1-7-41-30(39)35-17-24(27(36)29(38)32(4)5)22-12-23(26(40-6)13-25(22)35)28(37)34-15-18(2)33(14-19(34)3)16-20-8-10-21(31)11-9-20/h8-13,17-19H,7,14-16H2,1-6H3/t18?,19-/m1/s1. The van der Waals surface area contributed by atoms with Crippen LogP contribution in [0, 0.1) is 5.82 Å². The van der Waals surface area contributed by atoms with Gasteiger partial charge in [-0.3, -0.25) is 23.9 Å². The molecule has 4 rings (SSSR count). The molecule has 2 atom stereocenters. The molecule has 218 valence electrons. The van der Waals surface area contributed by atoms with Crippen LogP contribution in [0.25, 0.3) is 10.9 Å². The zero-order valence-electron chi connectivity index (χ0n) is 24.1. The molecular formula is C30H35FN4O6. The molecule has 0 bridgehead atoms. The Hall–Kier alpha value is -4.25. The van der Waals surface area contributed by atoms with Crippen molar-refractivity contribution in [1.29, 1.82) is 0 Å². The number of rotatable bonds is 7. The van der Waals surface area contributed by atoms with E-state index in [0.29, 0.717) is 19.6 Å². The summed E-state index contributed by atoms with van der Waals surface area (Å²) in [5, 5.41) is 0.262. The molecule has 0 aliphatic carbocycles. The van der Waals surface area contributed by atoms with Crippen molar-refractivity contribution in [3.05, 3.63) is 65.1 Å². The maximum Gasteiger partial charge on any atom is 0.418 e. The third-order valence-corrected chi connectivity index (χ3v) is 7.34. The van der Waals surface area contributed by atoms with E-state index in [0.717, 1.165) is 15.0 Å². The van der Waals surface area contributed by atoms with Crippen LogP contribution in [0.4, 0.5) is 9.18 Å². The number of aromatic nitrogens is 1. The summed E-state index contributed by atoms with van der Waals surface area (Å²) < 4.78 is 25.2. The second kappa shape index (κ2) is 12.1. The molecule has 1 aromatic heterocycles. The first-order valence-corrected chi connectivity index (χ1v) is 13.4. The summed E-state index contributed by atoms with van der Waals surface area (Å²) in [5.74, 6) is -1.95. The predicted molar refractivity (Wildman–Crippen MR) is 151 cm³/mol. The number of methoxy groups -OCH3 is 1. The number of hydrogen-bond donors (Lipinski definition) is 0. The van der Waals surface area contributed by atoms with Gasteiger partial charge < -0.3 is 19.3 Å².